The standard InChI is InChI=1S/C27H24Cl2N2O2S/c1-2-33-19-12-10-18(11-13-19)26-16-21(20-6-3-4-9-25(20)31-26)27(32)30-14-15-34-17-22-23(28)7-5-8-24(22)29/h3-13,16H,2,14-15,17H2,1H3,(H,30,32). The maximum absolute atomic E-state index is 13.1. The van der Waals surface area contributed by atoms with Crippen LogP contribution in [0.2, 0.25) is 10.0 Å². The van der Waals surface area contributed by atoms with E-state index in [-0.39, 0.29) is 5.91 Å². The van der Waals surface area contributed by atoms with E-state index in [2.05, 4.69) is 5.32 Å². The average molecular weight is 511 g/mol. The topological polar surface area (TPSA) is 51.2 Å². The SMILES string of the molecule is CCOc1ccc(-c2cc(C(=O)NCCSCc3c(Cl)cccc3Cl)c3ccccc3n2)cc1. The second-order valence-electron chi connectivity index (χ2n) is 7.54. The van der Waals surface area contributed by atoms with Gasteiger partial charge in [-0.1, -0.05) is 47.5 Å². The zero-order valence-electron chi connectivity index (χ0n) is 18.7. The minimum atomic E-state index is -0.123. The molecule has 0 aliphatic heterocycles. The van der Waals surface area contributed by atoms with Gasteiger partial charge in [-0.25, -0.2) is 4.98 Å². The van der Waals surface area contributed by atoms with Crippen molar-refractivity contribution in [2.24, 2.45) is 0 Å². The number of amides is 1. The molecule has 0 bridgehead atoms. The molecule has 0 spiro atoms. The molecule has 3 aromatic carbocycles. The minimum Gasteiger partial charge on any atom is -0.494 e. The van der Waals surface area contributed by atoms with Crippen molar-refractivity contribution in [1.29, 1.82) is 0 Å². The van der Waals surface area contributed by atoms with Crippen molar-refractivity contribution in [2.75, 3.05) is 18.9 Å². The quantitative estimate of drug-likeness (QED) is 0.240. The molecule has 1 amide bonds. The van der Waals surface area contributed by atoms with E-state index in [1.807, 2.05) is 79.7 Å². The van der Waals surface area contributed by atoms with Gasteiger partial charge < -0.3 is 10.1 Å². The van der Waals surface area contributed by atoms with E-state index < -0.39 is 0 Å². The van der Waals surface area contributed by atoms with Crippen molar-refractivity contribution in [2.45, 2.75) is 12.7 Å². The van der Waals surface area contributed by atoms with Crippen LogP contribution >= 0.6 is 35.0 Å². The number of hydrogen-bond donors (Lipinski definition) is 1. The number of rotatable bonds is 9. The van der Waals surface area contributed by atoms with E-state index in [1.165, 1.54) is 0 Å². The van der Waals surface area contributed by atoms with Gasteiger partial charge in [0.25, 0.3) is 5.91 Å². The Morgan fingerprint density at radius 3 is 2.47 bits per heavy atom. The van der Waals surface area contributed by atoms with Crippen LogP contribution in [0.5, 0.6) is 5.75 Å². The van der Waals surface area contributed by atoms with Crippen molar-refractivity contribution < 1.29 is 9.53 Å². The normalized spacial score (nSPS) is 10.9. The number of halogens is 2. The van der Waals surface area contributed by atoms with E-state index in [4.69, 9.17) is 32.9 Å². The number of nitrogens with one attached hydrogen (secondary N) is 1. The number of hydrogen-bond acceptors (Lipinski definition) is 4. The lowest BCUT2D eigenvalue weighted by atomic mass is 10.0. The Hall–Kier alpha value is -2.73. The molecule has 0 fully saturated rings. The van der Waals surface area contributed by atoms with Crippen molar-refractivity contribution in [3.05, 3.63) is 94.0 Å². The Bertz CT molecular complexity index is 1280. The highest BCUT2D eigenvalue weighted by atomic mass is 35.5. The third-order valence-corrected chi connectivity index (χ3v) is 6.96. The Morgan fingerprint density at radius 1 is 1.00 bits per heavy atom. The van der Waals surface area contributed by atoms with Crippen molar-refractivity contribution >= 4 is 51.8 Å². The number of pyridine rings is 1. The molecule has 1 aromatic heterocycles. The number of thioether (sulfide) groups is 1. The summed E-state index contributed by atoms with van der Waals surface area (Å²) in [6.07, 6.45) is 0. The van der Waals surface area contributed by atoms with Crippen molar-refractivity contribution in [3.63, 3.8) is 0 Å². The van der Waals surface area contributed by atoms with Crippen molar-refractivity contribution in [1.82, 2.24) is 10.3 Å². The Morgan fingerprint density at radius 2 is 1.74 bits per heavy atom. The fourth-order valence-electron chi connectivity index (χ4n) is 3.58. The van der Waals surface area contributed by atoms with Gasteiger partial charge in [0.2, 0.25) is 0 Å². The van der Waals surface area contributed by atoms with Gasteiger partial charge in [0, 0.05) is 39.0 Å². The van der Waals surface area contributed by atoms with E-state index >= 15 is 0 Å². The molecule has 7 heteroatoms. The number of aromatic nitrogens is 1. The van der Waals surface area contributed by atoms with Crippen LogP contribution in [-0.4, -0.2) is 29.8 Å². The van der Waals surface area contributed by atoms with Gasteiger partial charge in [0.05, 0.1) is 23.4 Å². The van der Waals surface area contributed by atoms with Crippen LogP contribution in [0.4, 0.5) is 0 Å². The lowest BCUT2D eigenvalue weighted by Crippen LogP contribution is -2.26. The highest BCUT2D eigenvalue weighted by molar-refractivity contribution is 7.98. The molecule has 1 N–H and O–H groups in total. The summed E-state index contributed by atoms with van der Waals surface area (Å²) < 4.78 is 5.53. The van der Waals surface area contributed by atoms with Gasteiger partial charge in [0.15, 0.2) is 0 Å². The summed E-state index contributed by atoms with van der Waals surface area (Å²) in [5, 5.41) is 5.18. The lowest BCUT2D eigenvalue weighted by Gasteiger charge is -2.11. The van der Waals surface area contributed by atoms with Gasteiger partial charge in [-0.3, -0.25) is 4.79 Å². The lowest BCUT2D eigenvalue weighted by molar-refractivity contribution is 0.0958. The zero-order chi connectivity index (χ0) is 23.9. The number of carbonyl (C=O) groups excluding carboxylic acids is 1. The highest BCUT2D eigenvalue weighted by Gasteiger charge is 2.14. The smallest absolute Gasteiger partial charge is 0.252 e. The summed E-state index contributed by atoms with van der Waals surface area (Å²) in [6.45, 7) is 3.09. The van der Waals surface area contributed by atoms with Gasteiger partial charge in [-0.15, -0.1) is 0 Å². The van der Waals surface area contributed by atoms with E-state index in [1.54, 1.807) is 11.8 Å². The van der Waals surface area contributed by atoms with Crippen LogP contribution in [-0.2, 0) is 5.75 Å². The summed E-state index contributed by atoms with van der Waals surface area (Å²) >= 11 is 14.1. The van der Waals surface area contributed by atoms with Gasteiger partial charge >= 0.3 is 0 Å². The number of benzene rings is 3. The van der Waals surface area contributed by atoms with Crippen LogP contribution in [0.3, 0.4) is 0 Å². The number of nitrogens with zero attached hydrogens (tertiary/aromatic N) is 1. The highest BCUT2D eigenvalue weighted by Crippen LogP contribution is 2.29. The van der Waals surface area contributed by atoms with Crippen LogP contribution < -0.4 is 10.1 Å². The molecule has 0 aliphatic rings. The summed E-state index contributed by atoms with van der Waals surface area (Å²) in [5.41, 5.74) is 3.97. The Labute approximate surface area is 213 Å². The summed E-state index contributed by atoms with van der Waals surface area (Å²) in [4.78, 5) is 17.9. The average Bonchev–Trinajstić information content (AvgIpc) is 2.85. The minimum absolute atomic E-state index is 0.123. The molecule has 4 aromatic rings. The molecule has 0 radical (unpaired) electrons. The second-order valence-corrected chi connectivity index (χ2v) is 9.46. The number of fused-ring (bicyclic) bond motifs is 1. The Balaban J connectivity index is 1.46. The fraction of sp³-hybridized carbons (Fsp3) is 0.185. The predicted molar refractivity (Wildman–Crippen MR) is 143 cm³/mol. The maximum atomic E-state index is 13.1. The fourth-order valence-corrected chi connectivity index (χ4v) is 5.17. The van der Waals surface area contributed by atoms with Crippen molar-refractivity contribution in [3.8, 4) is 17.0 Å². The third-order valence-electron chi connectivity index (χ3n) is 5.26. The molecule has 4 nitrogen and oxygen atoms in total. The predicted octanol–water partition coefficient (Wildman–Crippen LogP) is 7.27. The molecule has 174 valence electrons. The third kappa shape index (κ3) is 5.84. The number of para-hydroxylation sites is 1. The molecule has 0 unspecified atom stereocenters. The number of ether oxygens (including phenoxy) is 1. The monoisotopic (exact) mass is 510 g/mol. The largest absolute Gasteiger partial charge is 0.494 e. The molecule has 34 heavy (non-hydrogen) atoms. The van der Waals surface area contributed by atoms with Crippen LogP contribution in [0.1, 0.15) is 22.8 Å². The first-order valence-corrected chi connectivity index (χ1v) is 12.9. The first kappa shape index (κ1) is 24.4. The zero-order valence-corrected chi connectivity index (χ0v) is 21.0. The molecule has 4 rings (SSSR count). The first-order valence-electron chi connectivity index (χ1n) is 11.0. The first-order chi connectivity index (χ1) is 16.6. The Kier molecular flexibility index (Phi) is 8.33. The molecular weight excluding hydrogens is 487 g/mol. The van der Waals surface area contributed by atoms with Crippen LogP contribution in [0.15, 0.2) is 72.8 Å². The van der Waals surface area contributed by atoms with E-state index in [0.29, 0.717) is 34.5 Å². The molecule has 0 saturated heterocycles. The van der Waals surface area contributed by atoms with E-state index in [0.717, 1.165) is 39.2 Å². The summed E-state index contributed by atoms with van der Waals surface area (Å²) in [6, 6.07) is 22.8. The van der Waals surface area contributed by atoms with Crippen LogP contribution in [0, 0.1) is 0 Å². The summed E-state index contributed by atoms with van der Waals surface area (Å²) in [7, 11) is 0. The molecule has 0 atom stereocenters. The molecule has 0 saturated carbocycles. The summed E-state index contributed by atoms with van der Waals surface area (Å²) in [5.74, 6) is 2.11. The molecular formula is C27H24Cl2N2O2S. The second kappa shape index (κ2) is 11.6. The molecule has 1 heterocycles. The van der Waals surface area contributed by atoms with E-state index in [9.17, 15) is 4.79 Å². The maximum Gasteiger partial charge on any atom is 0.252 e. The molecule has 0 aliphatic carbocycles. The van der Waals surface area contributed by atoms with Gasteiger partial charge in [-0.2, -0.15) is 11.8 Å². The van der Waals surface area contributed by atoms with Gasteiger partial charge in [-0.05, 0) is 61.0 Å². The van der Waals surface area contributed by atoms with Crippen LogP contribution in [0.25, 0.3) is 22.2 Å². The van der Waals surface area contributed by atoms with Gasteiger partial charge in [0.1, 0.15) is 5.75 Å². The number of carbonyl (C=O) groups is 1.